The van der Waals surface area contributed by atoms with Crippen LogP contribution in [0.2, 0.25) is 0 Å². The number of carboxylic acids is 1. The average Bonchev–Trinajstić information content (AvgIpc) is 2.98. The minimum absolute atomic E-state index is 0.0117. The fraction of sp³-hybridized carbons (Fsp3) is 0.526. The Morgan fingerprint density at radius 1 is 1.12 bits per heavy atom. The van der Waals surface area contributed by atoms with E-state index >= 15 is 0 Å². The number of rotatable bonds is 8. The zero-order valence-electron chi connectivity index (χ0n) is 14.3. The number of nitrogens with one attached hydrogen (secondary N) is 1. The first-order valence-electron chi connectivity index (χ1n) is 8.54. The van der Waals surface area contributed by atoms with Gasteiger partial charge in [-0.25, -0.2) is 4.79 Å². The number of ketones is 1. The molecule has 24 heavy (non-hydrogen) atoms. The van der Waals surface area contributed by atoms with Crippen LogP contribution in [0.5, 0.6) is 0 Å². The van der Waals surface area contributed by atoms with Crippen molar-refractivity contribution in [1.29, 1.82) is 0 Å². The summed E-state index contributed by atoms with van der Waals surface area (Å²) in [5, 5.41) is 11.6. The second-order valence-electron chi connectivity index (χ2n) is 6.85. The van der Waals surface area contributed by atoms with Crippen molar-refractivity contribution in [3.63, 3.8) is 0 Å². The third-order valence-corrected chi connectivity index (χ3v) is 4.34. The second kappa shape index (κ2) is 8.08. The molecule has 1 aliphatic rings. The van der Waals surface area contributed by atoms with Crippen molar-refractivity contribution in [2.24, 2.45) is 5.92 Å². The van der Waals surface area contributed by atoms with Gasteiger partial charge in [0.15, 0.2) is 5.78 Å². The highest BCUT2D eigenvalue weighted by molar-refractivity contribution is 5.98. The van der Waals surface area contributed by atoms with Crippen molar-refractivity contribution in [3.05, 3.63) is 34.9 Å². The number of carboxylic acid groups (broad SMARTS) is 1. The highest BCUT2D eigenvalue weighted by atomic mass is 16.4. The topological polar surface area (TPSA) is 83.5 Å². The van der Waals surface area contributed by atoms with Crippen LogP contribution in [0.15, 0.2) is 18.2 Å². The first kappa shape index (κ1) is 18.2. The molecule has 0 fully saturated rings. The van der Waals surface area contributed by atoms with Crippen molar-refractivity contribution in [3.8, 4) is 0 Å². The van der Waals surface area contributed by atoms with Crippen LogP contribution in [-0.4, -0.2) is 28.8 Å². The number of Topliss-reactive ketones (excluding diaryl/α,β-unsaturated/α-hetero) is 1. The molecule has 0 saturated heterocycles. The molecule has 0 bridgehead atoms. The number of hydrogen-bond acceptors (Lipinski definition) is 3. The van der Waals surface area contributed by atoms with Crippen molar-refractivity contribution in [2.45, 2.75) is 58.4 Å². The maximum absolute atomic E-state index is 12.3. The van der Waals surface area contributed by atoms with Gasteiger partial charge in [-0.15, -0.1) is 0 Å². The fourth-order valence-corrected chi connectivity index (χ4v) is 3.08. The summed E-state index contributed by atoms with van der Waals surface area (Å²) in [5.74, 6) is -1.34. The lowest BCUT2D eigenvalue weighted by atomic mass is 10.0. The molecule has 0 heterocycles. The van der Waals surface area contributed by atoms with Gasteiger partial charge in [0.05, 0.1) is 0 Å². The summed E-state index contributed by atoms with van der Waals surface area (Å²) in [6, 6.07) is 4.86. The Hall–Kier alpha value is -2.17. The Balaban J connectivity index is 1.86. The van der Waals surface area contributed by atoms with E-state index in [0.717, 1.165) is 19.3 Å². The van der Waals surface area contributed by atoms with Crippen LogP contribution in [-0.2, 0) is 22.4 Å². The largest absolute Gasteiger partial charge is 0.480 e. The first-order chi connectivity index (χ1) is 11.4. The van der Waals surface area contributed by atoms with Gasteiger partial charge in [-0.05, 0) is 48.8 Å². The second-order valence-corrected chi connectivity index (χ2v) is 6.85. The molecule has 0 aliphatic heterocycles. The van der Waals surface area contributed by atoms with E-state index in [0.29, 0.717) is 12.0 Å². The summed E-state index contributed by atoms with van der Waals surface area (Å²) in [5.41, 5.74) is 3.18. The maximum Gasteiger partial charge on any atom is 0.326 e. The summed E-state index contributed by atoms with van der Waals surface area (Å²) in [4.78, 5) is 35.3. The molecular formula is C19H25NO4. The molecule has 0 saturated carbocycles. The van der Waals surface area contributed by atoms with Gasteiger partial charge in [0.1, 0.15) is 6.04 Å². The highest BCUT2D eigenvalue weighted by Crippen LogP contribution is 2.23. The summed E-state index contributed by atoms with van der Waals surface area (Å²) < 4.78 is 0. The molecule has 1 atom stereocenters. The van der Waals surface area contributed by atoms with E-state index in [9.17, 15) is 14.4 Å². The lowest BCUT2D eigenvalue weighted by molar-refractivity contribution is -0.142. The van der Waals surface area contributed by atoms with Gasteiger partial charge in [-0.3, -0.25) is 9.59 Å². The van der Waals surface area contributed by atoms with Crippen LogP contribution in [0.4, 0.5) is 0 Å². The molecule has 1 amide bonds. The molecular weight excluding hydrogens is 306 g/mol. The SMILES string of the molecule is CC(C)CC(NC(=O)CCC(=O)c1ccc2c(c1)CCC2)C(=O)O. The van der Waals surface area contributed by atoms with E-state index in [2.05, 4.69) is 5.32 Å². The van der Waals surface area contributed by atoms with Crippen LogP contribution >= 0.6 is 0 Å². The molecule has 2 rings (SSSR count). The third kappa shape index (κ3) is 4.91. The first-order valence-corrected chi connectivity index (χ1v) is 8.54. The summed E-state index contributed by atoms with van der Waals surface area (Å²) >= 11 is 0. The lowest BCUT2D eigenvalue weighted by Crippen LogP contribution is -2.41. The number of benzene rings is 1. The molecule has 0 aromatic heterocycles. The van der Waals surface area contributed by atoms with Crippen LogP contribution in [0, 0.1) is 5.92 Å². The van der Waals surface area contributed by atoms with Crippen molar-refractivity contribution in [2.75, 3.05) is 0 Å². The van der Waals surface area contributed by atoms with E-state index < -0.39 is 17.9 Å². The Morgan fingerprint density at radius 2 is 1.83 bits per heavy atom. The standard InChI is InChI=1S/C19H25NO4/c1-12(2)10-16(19(23)24)20-18(22)9-8-17(21)15-7-6-13-4-3-5-14(13)11-15/h6-7,11-12,16H,3-5,8-10H2,1-2H3,(H,20,22)(H,23,24). The predicted molar refractivity (Wildman–Crippen MR) is 91.1 cm³/mol. The zero-order valence-corrected chi connectivity index (χ0v) is 14.3. The van der Waals surface area contributed by atoms with Crippen molar-refractivity contribution >= 4 is 17.7 Å². The van der Waals surface area contributed by atoms with Crippen molar-refractivity contribution in [1.82, 2.24) is 5.32 Å². The predicted octanol–water partition coefficient (Wildman–Crippen LogP) is 2.75. The molecule has 1 aromatic carbocycles. The van der Waals surface area contributed by atoms with Gasteiger partial charge in [-0.2, -0.15) is 0 Å². The van der Waals surface area contributed by atoms with Gasteiger partial charge in [0, 0.05) is 18.4 Å². The maximum atomic E-state index is 12.3. The number of carbonyl (C=O) groups excluding carboxylic acids is 2. The number of amides is 1. The Bertz CT molecular complexity index is 636. The summed E-state index contributed by atoms with van der Waals surface area (Å²) in [7, 11) is 0. The van der Waals surface area contributed by atoms with Gasteiger partial charge >= 0.3 is 5.97 Å². The van der Waals surface area contributed by atoms with E-state index in [1.54, 1.807) is 0 Å². The van der Waals surface area contributed by atoms with Crippen LogP contribution in [0.1, 0.15) is 61.0 Å². The summed E-state index contributed by atoms with van der Waals surface area (Å²) in [6.45, 7) is 3.80. The minimum atomic E-state index is -1.04. The van der Waals surface area contributed by atoms with Crippen molar-refractivity contribution < 1.29 is 19.5 Å². The van der Waals surface area contributed by atoms with Gasteiger partial charge in [0.2, 0.25) is 5.91 Å². The fourth-order valence-electron chi connectivity index (χ4n) is 3.08. The number of hydrogen-bond donors (Lipinski definition) is 2. The van der Waals surface area contributed by atoms with E-state index in [1.165, 1.54) is 11.1 Å². The molecule has 130 valence electrons. The molecule has 0 spiro atoms. The average molecular weight is 331 g/mol. The minimum Gasteiger partial charge on any atom is -0.480 e. The number of aliphatic carboxylic acids is 1. The Morgan fingerprint density at radius 3 is 2.50 bits per heavy atom. The normalized spacial score (nSPS) is 14.3. The molecule has 1 aliphatic carbocycles. The number of aryl methyl sites for hydroxylation is 2. The Kier molecular flexibility index (Phi) is 6.12. The van der Waals surface area contributed by atoms with Crippen LogP contribution < -0.4 is 5.32 Å². The Labute approximate surface area is 142 Å². The quantitative estimate of drug-likeness (QED) is 0.718. The monoisotopic (exact) mass is 331 g/mol. The lowest BCUT2D eigenvalue weighted by Gasteiger charge is -2.16. The van der Waals surface area contributed by atoms with E-state index in [-0.39, 0.29) is 24.5 Å². The summed E-state index contributed by atoms with van der Waals surface area (Å²) in [6.07, 6.45) is 3.68. The molecule has 1 aromatic rings. The smallest absolute Gasteiger partial charge is 0.326 e. The zero-order chi connectivity index (χ0) is 17.7. The van der Waals surface area contributed by atoms with Crippen LogP contribution in [0.25, 0.3) is 0 Å². The molecule has 2 N–H and O–H groups in total. The highest BCUT2D eigenvalue weighted by Gasteiger charge is 2.21. The van der Waals surface area contributed by atoms with Crippen LogP contribution in [0.3, 0.4) is 0 Å². The third-order valence-electron chi connectivity index (χ3n) is 4.34. The molecule has 1 unspecified atom stereocenters. The van der Waals surface area contributed by atoms with E-state index in [1.807, 2.05) is 32.0 Å². The molecule has 5 heteroatoms. The van der Waals surface area contributed by atoms with Gasteiger partial charge in [0.25, 0.3) is 0 Å². The number of carbonyl (C=O) groups is 3. The molecule has 5 nitrogen and oxygen atoms in total. The molecule has 0 radical (unpaired) electrons. The van der Waals surface area contributed by atoms with Gasteiger partial charge < -0.3 is 10.4 Å². The number of fused-ring (bicyclic) bond motifs is 1. The van der Waals surface area contributed by atoms with Gasteiger partial charge in [-0.1, -0.05) is 26.0 Å². The van der Waals surface area contributed by atoms with E-state index in [4.69, 9.17) is 5.11 Å².